The molecule has 1 saturated heterocycles. The Labute approximate surface area is 184 Å². The summed E-state index contributed by atoms with van der Waals surface area (Å²) in [6, 6.07) is 20.9. The summed E-state index contributed by atoms with van der Waals surface area (Å²) in [6.07, 6.45) is 1.34. The predicted octanol–water partition coefficient (Wildman–Crippen LogP) is 3.63. The third-order valence-electron chi connectivity index (χ3n) is 6.97. The van der Waals surface area contributed by atoms with Gasteiger partial charge in [-0.15, -0.1) is 0 Å². The second-order valence-electron chi connectivity index (χ2n) is 8.42. The van der Waals surface area contributed by atoms with E-state index >= 15 is 0 Å². The maximum Gasteiger partial charge on any atom is 0.254 e. The fourth-order valence-electron chi connectivity index (χ4n) is 5.66. The molecule has 1 heterocycles. The summed E-state index contributed by atoms with van der Waals surface area (Å²) < 4.78 is 5.19. The minimum atomic E-state index is -0.478. The summed E-state index contributed by atoms with van der Waals surface area (Å²) in [5, 5.41) is 15.4. The highest BCUT2D eigenvalue weighted by Crippen LogP contribution is 2.60. The molecule has 1 fully saturated rings. The summed E-state index contributed by atoms with van der Waals surface area (Å²) in [4.78, 5) is 27.0. The lowest BCUT2D eigenvalue weighted by atomic mass is 9.55. The van der Waals surface area contributed by atoms with Crippen molar-refractivity contribution in [1.82, 2.24) is 5.01 Å². The van der Waals surface area contributed by atoms with Crippen LogP contribution in [-0.2, 0) is 9.59 Å². The zero-order valence-electron chi connectivity index (χ0n) is 17.3. The number of imide groups is 1. The first-order valence-electron chi connectivity index (χ1n) is 10.6. The van der Waals surface area contributed by atoms with Crippen LogP contribution in [0.3, 0.4) is 0 Å². The quantitative estimate of drug-likeness (QED) is 0.514. The largest absolute Gasteiger partial charge is 0.507 e. The lowest BCUT2D eigenvalue weighted by Gasteiger charge is -2.45. The first kappa shape index (κ1) is 18.8. The third kappa shape index (κ3) is 2.43. The minimum absolute atomic E-state index is 0.00839. The van der Waals surface area contributed by atoms with E-state index in [0.717, 1.165) is 27.3 Å². The van der Waals surface area contributed by atoms with Crippen LogP contribution in [0, 0.1) is 11.8 Å². The lowest BCUT2D eigenvalue weighted by Crippen LogP contribution is -2.41. The van der Waals surface area contributed by atoms with Crippen LogP contribution in [0.5, 0.6) is 11.5 Å². The Kier molecular flexibility index (Phi) is 3.99. The van der Waals surface area contributed by atoms with Gasteiger partial charge in [0.2, 0.25) is 0 Å². The fraction of sp³-hybridized carbons (Fsp3) is 0.192. The summed E-state index contributed by atoms with van der Waals surface area (Å²) >= 11 is 0. The average Bonchev–Trinajstić information content (AvgIpc) is 3.08. The van der Waals surface area contributed by atoms with Crippen molar-refractivity contribution in [2.75, 3.05) is 7.11 Å². The van der Waals surface area contributed by atoms with E-state index < -0.39 is 11.8 Å². The van der Waals surface area contributed by atoms with Crippen LogP contribution < -0.4 is 4.74 Å². The van der Waals surface area contributed by atoms with Gasteiger partial charge in [0.05, 0.1) is 25.2 Å². The molecule has 0 aromatic heterocycles. The van der Waals surface area contributed by atoms with Crippen LogP contribution in [0.15, 0.2) is 71.8 Å². The number of phenols is 1. The standard InChI is InChI=1S/C26H20N2O4/c1-32-15-10-11-20(29)14(12-15)13-27-28-25(30)23-21-16-6-2-3-7-17(16)22(24(23)26(28)31)19-9-5-4-8-18(19)21/h2-13,21-24,29H,1H3/b27-13+. The first-order valence-corrected chi connectivity index (χ1v) is 10.6. The number of benzene rings is 3. The van der Waals surface area contributed by atoms with E-state index in [1.165, 1.54) is 19.4 Å². The van der Waals surface area contributed by atoms with Gasteiger partial charge in [0, 0.05) is 17.4 Å². The topological polar surface area (TPSA) is 79.2 Å². The SMILES string of the molecule is COc1ccc(O)c(/C=N/N2C(=O)C3C4c5ccccc5C(c5ccccc54)C3C2=O)c1. The van der Waals surface area contributed by atoms with Crippen molar-refractivity contribution in [3.05, 3.63) is 94.5 Å². The van der Waals surface area contributed by atoms with Gasteiger partial charge >= 0.3 is 0 Å². The summed E-state index contributed by atoms with van der Waals surface area (Å²) in [7, 11) is 1.52. The molecular weight excluding hydrogens is 404 g/mol. The van der Waals surface area contributed by atoms with Gasteiger partial charge in [-0.3, -0.25) is 9.59 Å². The molecule has 4 aliphatic rings. The van der Waals surface area contributed by atoms with Gasteiger partial charge in [-0.05, 0) is 40.5 Å². The van der Waals surface area contributed by atoms with E-state index in [-0.39, 0.29) is 29.4 Å². The Bertz CT molecular complexity index is 1200. The number of rotatable bonds is 3. The van der Waals surface area contributed by atoms with Gasteiger partial charge in [0.1, 0.15) is 11.5 Å². The smallest absolute Gasteiger partial charge is 0.254 e. The monoisotopic (exact) mass is 424 g/mol. The van der Waals surface area contributed by atoms with Crippen molar-refractivity contribution in [3.63, 3.8) is 0 Å². The van der Waals surface area contributed by atoms with E-state index in [2.05, 4.69) is 29.4 Å². The van der Waals surface area contributed by atoms with Gasteiger partial charge in [-0.1, -0.05) is 48.5 Å². The van der Waals surface area contributed by atoms with E-state index in [1.807, 2.05) is 24.3 Å². The van der Waals surface area contributed by atoms with Crippen molar-refractivity contribution < 1.29 is 19.4 Å². The van der Waals surface area contributed by atoms with Crippen LogP contribution in [0.4, 0.5) is 0 Å². The molecule has 32 heavy (non-hydrogen) atoms. The molecule has 3 aliphatic carbocycles. The maximum atomic E-state index is 13.5. The highest BCUT2D eigenvalue weighted by molar-refractivity contribution is 6.08. The maximum absolute atomic E-state index is 13.5. The molecule has 7 rings (SSSR count). The number of phenolic OH excluding ortho intramolecular Hbond substituents is 1. The predicted molar refractivity (Wildman–Crippen MR) is 118 cm³/mol. The Hall–Kier alpha value is -3.93. The van der Waals surface area contributed by atoms with Crippen molar-refractivity contribution >= 4 is 18.0 Å². The second kappa shape index (κ2) is 6.79. The average molecular weight is 424 g/mol. The fourth-order valence-corrected chi connectivity index (χ4v) is 5.66. The number of aromatic hydroxyl groups is 1. The Morgan fingerprint density at radius 1 is 0.844 bits per heavy atom. The molecule has 2 amide bonds. The second-order valence-corrected chi connectivity index (χ2v) is 8.42. The molecular formula is C26H20N2O4. The van der Waals surface area contributed by atoms with Crippen molar-refractivity contribution in [3.8, 4) is 11.5 Å². The summed E-state index contributed by atoms with van der Waals surface area (Å²) in [5.74, 6) is -1.34. The Morgan fingerprint density at radius 3 is 1.81 bits per heavy atom. The first-order chi connectivity index (χ1) is 15.6. The van der Waals surface area contributed by atoms with Crippen LogP contribution in [0.2, 0.25) is 0 Å². The highest BCUT2D eigenvalue weighted by Gasteiger charge is 2.61. The molecule has 3 aromatic rings. The van der Waals surface area contributed by atoms with Crippen molar-refractivity contribution in [2.24, 2.45) is 16.9 Å². The third-order valence-corrected chi connectivity index (χ3v) is 6.97. The van der Waals surface area contributed by atoms with Crippen LogP contribution in [0.1, 0.15) is 39.7 Å². The van der Waals surface area contributed by atoms with E-state index in [1.54, 1.807) is 12.1 Å². The molecule has 0 spiro atoms. The Morgan fingerprint density at radius 2 is 1.34 bits per heavy atom. The number of hydrogen-bond donors (Lipinski definition) is 1. The number of methoxy groups -OCH3 is 1. The van der Waals surface area contributed by atoms with Gasteiger partial charge in [0.25, 0.3) is 11.8 Å². The van der Waals surface area contributed by atoms with Crippen LogP contribution in [-0.4, -0.2) is 35.3 Å². The Balaban J connectivity index is 1.43. The number of hydrazone groups is 1. The molecule has 1 N–H and O–H groups in total. The zero-order valence-corrected chi connectivity index (χ0v) is 17.3. The minimum Gasteiger partial charge on any atom is -0.507 e. The van der Waals surface area contributed by atoms with Gasteiger partial charge < -0.3 is 9.84 Å². The number of carbonyl (C=O) groups excluding carboxylic acids is 2. The van der Waals surface area contributed by atoms with E-state index in [4.69, 9.17) is 4.74 Å². The lowest BCUT2D eigenvalue weighted by molar-refractivity contribution is -0.139. The number of nitrogens with zero attached hydrogens (tertiary/aromatic N) is 2. The van der Waals surface area contributed by atoms with Crippen molar-refractivity contribution in [1.29, 1.82) is 0 Å². The molecule has 6 heteroatoms. The molecule has 1 aliphatic heterocycles. The number of carbonyl (C=O) groups is 2. The zero-order chi connectivity index (χ0) is 22.0. The van der Waals surface area contributed by atoms with Crippen molar-refractivity contribution in [2.45, 2.75) is 11.8 Å². The number of hydrogen-bond acceptors (Lipinski definition) is 5. The molecule has 3 aromatic carbocycles. The molecule has 6 nitrogen and oxygen atoms in total. The van der Waals surface area contributed by atoms with Gasteiger partial charge in [-0.2, -0.15) is 10.1 Å². The normalized spacial score (nSPS) is 25.1. The molecule has 2 unspecified atom stereocenters. The van der Waals surface area contributed by atoms with Crippen LogP contribution >= 0.6 is 0 Å². The molecule has 0 saturated carbocycles. The van der Waals surface area contributed by atoms with E-state index in [0.29, 0.717) is 11.3 Å². The molecule has 0 radical (unpaired) electrons. The van der Waals surface area contributed by atoms with Gasteiger partial charge in [0.15, 0.2) is 0 Å². The number of ether oxygens (including phenoxy) is 1. The molecule has 158 valence electrons. The molecule has 2 atom stereocenters. The highest BCUT2D eigenvalue weighted by atomic mass is 16.5. The van der Waals surface area contributed by atoms with Crippen LogP contribution in [0.25, 0.3) is 0 Å². The summed E-state index contributed by atoms with van der Waals surface area (Å²) in [5.41, 5.74) is 4.85. The van der Waals surface area contributed by atoms with E-state index in [9.17, 15) is 14.7 Å². The summed E-state index contributed by atoms with van der Waals surface area (Å²) in [6.45, 7) is 0. The molecule has 2 bridgehead atoms. The van der Waals surface area contributed by atoms with Gasteiger partial charge in [-0.25, -0.2) is 0 Å². The number of amides is 2.